The number of carbonyl (C=O) groups excluding carboxylic acids is 1. The molecule has 5 rings (SSSR count). The summed E-state index contributed by atoms with van der Waals surface area (Å²) in [5.74, 6) is 0.271. The lowest BCUT2D eigenvalue weighted by Gasteiger charge is -2.61. The Kier molecular flexibility index (Phi) is 3.58. The van der Waals surface area contributed by atoms with Gasteiger partial charge in [-0.15, -0.1) is 0 Å². The zero-order valence-corrected chi connectivity index (χ0v) is 13.5. The van der Waals surface area contributed by atoms with E-state index in [1.54, 1.807) is 4.90 Å². The molecule has 5 fully saturated rings. The Morgan fingerprint density at radius 2 is 1.87 bits per heavy atom. The molecule has 0 aromatic heterocycles. The van der Waals surface area contributed by atoms with Gasteiger partial charge >= 0.3 is 7.12 Å². The third kappa shape index (κ3) is 2.44. The van der Waals surface area contributed by atoms with Crippen molar-refractivity contribution >= 4 is 13.0 Å². The SMILES string of the molecule is NC(C(=O)N1CCCC1B(O)O)C12CC3CC(CC(O)(C3)C1)C2. The van der Waals surface area contributed by atoms with Gasteiger partial charge in [-0.2, -0.15) is 0 Å². The zero-order chi connectivity index (χ0) is 16.4. The van der Waals surface area contributed by atoms with E-state index in [1.807, 2.05) is 0 Å². The molecule has 0 radical (unpaired) electrons. The minimum Gasteiger partial charge on any atom is -0.426 e. The van der Waals surface area contributed by atoms with E-state index in [9.17, 15) is 19.9 Å². The number of hydrogen-bond donors (Lipinski definition) is 4. The molecule has 7 heteroatoms. The molecule has 5 aliphatic rings. The predicted molar refractivity (Wildman–Crippen MR) is 85.0 cm³/mol. The molecule has 4 aliphatic carbocycles. The maximum absolute atomic E-state index is 13.0. The molecule has 0 aromatic carbocycles. The Balaban J connectivity index is 1.57. The zero-order valence-electron chi connectivity index (χ0n) is 13.5. The summed E-state index contributed by atoms with van der Waals surface area (Å²) in [7, 11) is -1.51. The van der Waals surface area contributed by atoms with E-state index in [4.69, 9.17) is 5.73 Å². The lowest BCUT2D eigenvalue weighted by Crippen LogP contribution is -2.65. The molecule has 6 nitrogen and oxygen atoms in total. The van der Waals surface area contributed by atoms with Crippen molar-refractivity contribution in [2.75, 3.05) is 6.54 Å². The van der Waals surface area contributed by atoms with Crippen LogP contribution >= 0.6 is 0 Å². The number of likely N-dealkylation sites (tertiary alicyclic amines) is 1. The topological polar surface area (TPSA) is 107 Å². The predicted octanol–water partition coefficient (Wildman–Crippen LogP) is -0.352. The Bertz CT molecular complexity index is 500. The van der Waals surface area contributed by atoms with Crippen LogP contribution in [0.25, 0.3) is 0 Å². The van der Waals surface area contributed by atoms with Crippen LogP contribution in [0.4, 0.5) is 0 Å². The Labute approximate surface area is 137 Å². The number of carbonyl (C=O) groups is 1. The molecule has 23 heavy (non-hydrogen) atoms. The van der Waals surface area contributed by atoms with Gasteiger partial charge in [0.2, 0.25) is 5.91 Å². The van der Waals surface area contributed by atoms with Crippen molar-refractivity contribution in [3.8, 4) is 0 Å². The van der Waals surface area contributed by atoms with Crippen molar-refractivity contribution < 1.29 is 19.9 Å². The van der Waals surface area contributed by atoms with Crippen LogP contribution in [-0.2, 0) is 4.79 Å². The van der Waals surface area contributed by atoms with Crippen molar-refractivity contribution in [3.05, 3.63) is 0 Å². The van der Waals surface area contributed by atoms with Gasteiger partial charge in [-0.05, 0) is 68.6 Å². The van der Waals surface area contributed by atoms with E-state index in [0.717, 1.165) is 38.5 Å². The van der Waals surface area contributed by atoms with Crippen LogP contribution < -0.4 is 5.73 Å². The number of rotatable bonds is 3. The van der Waals surface area contributed by atoms with Crippen LogP contribution in [0.1, 0.15) is 51.4 Å². The molecule has 0 aromatic rings. The van der Waals surface area contributed by atoms with Crippen molar-refractivity contribution in [1.29, 1.82) is 0 Å². The fourth-order valence-corrected chi connectivity index (χ4v) is 6.46. The first-order valence-electron chi connectivity index (χ1n) is 8.97. The van der Waals surface area contributed by atoms with Gasteiger partial charge < -0.3 is 25.8 Å². The number of nitrogens with two attached hydrogens (primary N) is 1. The normalized spacial score (nSPS) is 46.3. The average Bonchev–Trinajstić information content (AvgIpc) is 2.92. The molecular formula is C16H27BN2O4. The standard InChI is InChI=1S/C16H27BN2O4/c18-13(14(20)19-3-1-2-12(19)17(22)23)15-5-10-4-11(6-15)8-16(21,7-10)9-15/h10-13,21-23H,1-9,18H2. The molecule has 1 aliphatic heterocycles. The number of hydrogen-bond acceptors (Lipinski definition) is 5. The molecule has 4 saturated carbocycles. The van der Waals surface area contributed by atoms with Crippen LogP contribution in [-0.4, -0.2) is 57.2 Å². The quantitative estimate of drug-likeness (QED) is 0.531. The third-order valence-electron chi connectivity index (χ3n) is 6.93. The minimum atomic E-state index is -1.51. The summed E-state index contributed by atoms with van der Waals surface area (Å²) in [6.07, 6.45) is 6.74. The molecule has 0 spiro atoms. The van der Waals surface area contributed by atoms with E-state index in [2.05, 4.69) is 0 Å². The van der Waals surface area contributed by atoms with Crippen molar-refractivity contribution in [1.82, 2.24) is 4.90 Å². The maximum Gasteiger partial charge on any atom is 0.475 e. The molecule has 4 bridgehead atoms. The van der Waals surface area contributed by atoms with Crippen LogP contribution in [0, 0.1) is 17.3 Å². The fourth-order valence-electron chi connectivity index (χ4n) is 6.46. The molecule has 1 saturated heterocycles. The first-order chi connectivity index (χ1) is 10.8. The summed E-state index contributed by atoms with van der Waals surface area (Å²) in [6.45, 7) is 0.544. The Morgan fingerprint density at radius 3 is 2.43 bits per heavy atom. The largest absolute Gasteiger partial charge is 0.475 e. The van der Waals surface area contributed by atoms with Gasteiger partial charge in [-0.25, -0.2) is 0 Å². The van der Waals surface area contributed by atoms with Gasteiger partial charge in [-0.3, -0.25) is 4.79 Å². The Morgan fingerprint density at radius 1 is 1.22 bits per heavy atom. The van der Waals surface area contributed by atoms with Crippen LogP contribution in [0.3, 0.4) is 0 Å². The van der Waals surface area contributed by atoms with Crippen molar-refractivity contribution in [2.24, 2.45) is 23.0 Å². The minimum absolute atomic E-state index is 0.161. The molecule has 5 N–H and O–H groups in total. The molecule has 1 heterocycles. The van der Waals surface area contributed by atoms with Gasteiger partial charge in [0, 0.05) is 6.54 Å². The summed E-state index contributed by atoms with van der Waals surface area (Å²) in [5.41, 5.74) is 5.51. The molecule has 4 atom stereocenters. The van der Waals surface area contributed by atoms with Crippen LogP contribution in [0.5, 0.6) is 0 Å². The highest BCUT2D eigenvalue weighted by atomic mass is 16.4. The summed E-state index contributed by atoms with van der Waals surface area (Å²) in [4.78, 5) is 14.5. The second kappa shape index (κ2) is 5.18. The van der Waals surface area contributed by atoms with Gasteiger partial charge in [0.15, 0.2) is 0 Å². The highest BCUT2D eigenvalue weighted by molar-refractivity contribution is 6.43. The average molecular weight is 322 g/mol. The molecule has 1 amide bonds. The summed E-state index contributed by atoms with van der Waals surface area (Å²) < 4.78 is 0. The van der Waals surface area contributed by atoms with Gasteiger partial charge in [0.25, 0.3) is 0 Å². The summed E-state index contributed by atoms with van der Waals surface area (Å²) in [6, 6.07) is -0.640. The number of aliphatic hydroxyl groups is 1. The summed E-state index contributed by atoms with van der Waals surface area (Å²) in [5, 5.41) is 29.9. The van der Waals surface area contributed by atoms with E-state index in [0.29, 0.717) is 31.2 Å². The molecule has 4 unspecified atom stereocenters. The monoisotopic (exact) mass is 322 g/mol. The smallest absolute Gasteiger partial charge is 0.426 e. The first kappa shape index (κ1) is 15.9. The van der Waals surface area contributed by atoms with Gasteiger partial charge in [-0.1, -0.05) is 0 Å². The highest BCUT2D eigenvalue weighted by Crippen LogP contribution is 2.62. The second-order valence-electron chi connectivity index (χ2n) is 8.68. The first-order valence-corrected chi connectivity index (χ1v) is 8.97. The van der Waals surface area contributed by atoms with Crippen molar-refractivity contribution in [3.63, 3.8) is 0 Å². The Hall–Kier alpha value is -0.625. The third-order valence-corrected chi connectivity index (χ3v) is 6.93. The van der Waals surface area contributed by atoms with Gasteiger partial charge in [0.05, 0.1) is 17.6 Å². The van der Waals surface area contributed by atoms with Crippen LogP contribution in [0.15, 0.2) is 0 Å². The van der Waals surface area contributed by atoms with E-state index in [1.165, 1.54) is 0 Å². The van der Waals surface area contributed by atoms with E-state index in [-0.39, 0.29) is 11.3 Å². The summed E-state index contributed by atoms with van der Waals surface area (Å²) >= 11 is 0. The lowest BCUT2D eigenvalue weighted by atomic mass is 9.46. The molecular weight excluding hydrogens is 295 g/mol. The molecule has 128 valence electrons. The second-order valence-corrected chi connectivity index (χ2v) is 8.68. The van der Waals surface area contributed by atoms with E-state index >= 15 is 0 Å². The van der Waals surface area contributed by atoms with Gasteiger partial charge in [0.1, 0.15) is 0 Å². The van der Waals surface area contributed by atoms with Crippen molar-refractivity contribution in [2.45, 2.75) is 69.0 Å². The maximum atomic E-state index is 13.0. The van der Waals surface area contributed by atoms with E-state index < -0.39 is 24.7 Å². The number of nitrogens with zero attached hydrogens (tertiary/aromatic N) is 1. The fraction of sp³-hybridized carbons (Fsp3) is 0.938. The van der Waals surface area contributed by atoms with Crippen LogP contribution in [0.2, 0.25) is 0 Å². The lowest BCUT2D eigenvalue weighted by molar-refractivity contribution is -0.177. The highest BCUT2D eigenvalue weighted by Gasteiger charge is 2.60. The number of amides is 1.